The van der Waals surface area contributed by atoms with Gasteiger partial charge in [0.25, 0.3) is 0 Å². The molecule has 1 aromatic rings. The minimum absolute atomic E-state index is 1.15. The van der Waals surface area contributed by atoms with Gasteiger partial charge in [-0.3, -0.25) is 0 Å². The molecule has 16 heavy (non-hydrogen) atoms. The van der Waals surface area contributed by atoms with Crippen LogP contribution < -0.4 is 0 Å². The largest absolute Gasteiger partial charge is 0.0984 e. The summed E-state index contributed by atoms with van der Waals surface area (Å²) in [6.07, 6.45) is 4.97. The minimum atomic E-state index is 1.15. The molecule has 0 fully saturated rings. The molecule has 0 atom stereocenters. The van der Waals surface area contributed by atoms with Gasteiger partial charge in [0, 0.05) is 0 Å². The molecule has 0 heterocycles. The topological polar surface area (TPSA) is 0 Å². The summed E-state index contributed by atoms with van der Waals surface area (Å²) in [6, 6.07) is 6.14. The van der Waals surface area contributed by atoms with Gasteiger partial charge in [0.1, 0.15) is 0 Å². The molecule has 0 aliphatic carbocycles. The van der Waals surface area contributed by atoms with Crippen molar-refractivity contribution in [2.75, 3.05) is 0 Å². The number of rotatable bonds is 2. The fourth-order valence-electron chi connectivity index (χ4n) is 1.16. The van der Waals surface area contributed by atoms with Gasteiger partial charge in [0.15, 0.2) is 0 Å². The predicted octanol–water partition coefficient (Wildman–Crippen LogP) is 5.72. The molecule has 0 bridgehead atoms. The number of hydrogen-bond donors (Lipinski definition) is 0. The first-order valence-corrected chi connectivity index (χ1v) is 6.05. The van der Waals surface area contributed by atoms with E-state index in [1.54, 1.807) is 0 Å². The summed E-state index contributed by atoms with van der Waals surface area (Å²) in [5.41, 5.74) is 3.58. The summed E-state index contributed by atoms with van der Waals surface area (Å²) in [5, 5.41) is 0. The summed E-state index contributed by atoms with van der Waals surface area (Å²) in [6.45, 7) is 17.8. The normalized spacial score (nSPS) is 7.81. The summed E-state index contributed by atoms with van der Waals surface area (Å²) in [5.74, 6) is 0. The molecule has 0 aliphatic rings. The smallest absolute Gasteiger partial charge is 0.0161 e. The van der Waals surface area contributed by atoms with Crippen molar-refractivity contribution in [3.05, 3.63) is 48.0 Å². The Bertz CT molecular complexity index is 295. The Morgan fingerprint density at radius 2 is 1.56 bits per heavy atom. The summed E-state index contributed by atoms with van der Waals surface area (Å²) < 4.78 is 0. The van der Waals surface area contributed by atoms with Crippen LogP contribution in [0.15, 0.2) is 31.4 Å². The first kappa shape index (κ1) is 17.1. The van der Waals surface area contributed by atoms with E-state index in [2.05, 4.69) is 40.0 Å². The highest BCUT2D eigenvalue weighted by Gasteiger charge is 1.96. The lowest BCUT2D eigenvalue weighted by Gasteiger charge is -2.03. The highest BCUT2D eigenvalue weighted by molar-refractivity contribution is 5.65. The van der Waals surface area contributed by atoms with Crippen LogP contribution in [0.25, 0.3) is 12.2 Å². The SMILES string of the molecule is C=Cc1cccc(C)c1C=C.CC.CCC. The number of hydrogen-bond acceptors (Lipinski definition) is 0. The molecule has 0 N–H and O–H groups in total. The predicted molar refractivity (Wildman–Crippen MR) is 78.7 cm³/mol. The lowest BCUT2D eigenvalue weighted by atomic mass is 10.0. The highest BCUT2D eigenvalue weighted by atomic mass is 14.0. The molecule has 1 rings (SSSR count). The molecule has 0 amide bonds. The van der Waals surface area contributed by atoms with Gasteiger partial charge in [0.05, 0.1) is 0 Å². The Labute approximate surface area is 102 Å². The molecule has 0 aromatic heterocycles. The molecule has 1 aromatic carbocycles. The van der Waals surface area contributed by atoms with E-state index in [0.717, 1.165) is 5.56 Å². The van der Waals surface area contributed by atoms with Crippen molar-refractivity contribution in [1.29, 1.82) is 0 Å². The second-order valence-corrected chi connectivity index (χ2v) is 3.19. The second kappa shape index (κ2) is 11.8. The molecule has 0 heteroatoms. The van der Waals surface area contributed by atoms with Gasteiger partial charge in [-0.15, -0.1) is 0 Å². The fourth-order valence-corrected chi connectivity index (χ4v) is 1.16. The third-order valence-electron chi connectivity index (χ3n) is 1.78. The van der Waals surface area contributed by atoms with E-state index in [-0.39, 0.29) is 0 Å². The second-order valence-electron chi connectivity index (χ2n) is 3.19. The average Bonchev–Trinajstić information content (AvgIpc) is 2.32. The molecule has 0 radical (unpaired) electrons. The highest BCUT2D eigenvalue weighted by Crippen LogP contribution is 2.15. The number of benzene rings is 1. The monoisotopic (exact) mass is 218 g/mol. The fraction of sp³-hybridized carbons (Fsp3) is 0.375. The summed E-state index contributed by atoms with van der Waals surface area (Å²) in [7, 11) is 0. The van der Waals surface area contributed by atoms with E-state index in [1.807, 2.05) is 38.1 Å². The molecule has 90 valence electrons. The molecule has 0 saturated carbocycles. The van der Waals surface area contributed by atoms with E-state index in [9.17, 15) is 0 Å². The van der Waals surface area contributed by atoms with Crippen molar-refractivity contribution in [2.45, 2.75) is 41.0 Å². The third kappa shape index (κ3) is 6.23. The van der Waals surface area contributed by atoms with Crippen LogP contribution in [-0.2, 0) is 0 Å². The quantitative estimate of drug-likeness (QED) is 0.595. The molecule has 0 aliphatic heterocycles. The van der Waals surface area contributed by atoms with Crippen LogP contribution in [0.4, 0.5) is 0 Å². The van der Waals surface area contributed by atoms with E-state index < -0.39 is 0 Å². The van der Waals surface area contributed by atoms with Crippen molar-refractivity contribution in [3.8, 4) is 0 Å². The molecule has 0 unspecified atom stereocenters. The third-order valence-corrected chi connectivity index (χ3v) is 1.78. The van der Waals surface area contributed by atoms with Crippen LogP contribution in [-0.4, -0.2) is 0 Å². The summed E-state index contributed by atoms with van der Waals surface area (Å²) in [4.78, 5) is 0. The van der Waals surface area contributed by atoms with Crippen LogP contribution in [0.3, 0.4) is 0 Å². The van der Waals surface area contributed by atoms with E-state index in [1.165, 1.54) is 17.5 Å². The van der Waals surface area contributed by atoms with E-state index in [4.69, 9.17) is 0 Å². The van der Waals surface area contributed by atoms with Gasteiger partial charge >= 0.3 is 0 Å². The zero-order valence-electron chi connectivity index (χ0n) is 11.5. The van der Waals surface area contributed by atoms with Gasteiger partial charge in [-0.2, -0.15) is 0 Å². The van der Waals surface area contributed by atoms with Crippen molar-refractivity contribution in [2.24, 2.45) is 0 Å². The van der Waals surface area contributed by atoms with Crippen LogP contribution >= 0.6 is 0 Å². The number of aryl methyl sites for hydroxylation is 1. The van der Waals surface area contributed by atoms with Crippen LogP contribution in [0.5, 0.6) is 0 Å². The maximum Gasteiger partial charge on any atom is -0.0161 e. The van der Waals surface area contributed by atoms with Gasteiger partial charge in [-0.1, -0.05) is 77.6 Å². The van der Waals surface area contributed by atoms with Crippen molar-refractivity contribution in [3.63, 3.8) is 0 Å². The van der Waals surface area contributed by atoms with E-state index in [0.29, 0.717) is 0 Å². The van der Waals surface area contributed by atoms with Gasteiger partial charge in [0.2, 0.25) is 0 Å². The van der Waals surface area contributed by atoms with Crippen LogP contribution in [0, 0.1) is 6.92 Å². The van der Waals surface area contributed by atoms with Gasteiger partial charge in [-0.25, -0.2) is 0 Å². The zero-order valence-corrected chi connectivity index (χ0v) is 11.5. The minimum Gasteiger partial charge on any atom is -0.0984 e. The first-order valence-electron chi connectivity index (χ1n) is 6.05. The van der Waals surface area contributed by atoms with Crippen molar-refractivity contribution < 1.29 is 0 Å². The van der Waals surface area contributed by atoms with Crippen molar-refractivity contribution >= 4 is 12.2 Å². The molecular weight excluding hydrogens is 192 g/mol. The standard InChI is InChI=1S/C11H12.C3H8.C2H6/c1-4-10-8-6-7-9(3)11(10)5-2;1-3-2;1-2/h4-8H,1-2H2,3H3;3H2,1-2H3;1-2H3. The molecular formula is C16H26. The van der Waals surface area contributed by atoms with E-state index >= 15 is 0 Å². The van der Waals surface area contributed by atoms with Gasteiger partial charge < -0.3 is 0 Å². The Kier molecular flexibility index (Phi) is 12.6. The average molecular weight is 218 g/mol. The molecule has 0 spiro atoms. The molecule has 0 saturated heterocycles. The lowest BCUT2D eigenvalue weighted by molar-refractivity contribution is 1.09. The maximum absolute atomic E-state index is 3.75. The zero-order chi connectivity index (χ0) is 13.0. The van der Waals surface area contributed by atoms with Crippen LogP contribution in [0.2, 0.25) is 0 Å². The maximum atomic E-state index is 3.75. The molecule has 0 nitrogen and oxygen atoms in total. The van der Waals surface area contributed by atoms with Crippen LogP contribution in [0.1, 0.15) is 50.8 Å². The summed E-state index contributed by atoms with van der Waals surface area (Å²) >= 11 is 0. The van der Waals surface area contributed by atoms with Crippen molar-refractivity contribution in [1.82, 2.24) is 0 Å². The Morgan fingerprint density at radius 3 is 1.88 bits per heavy atom. The Balaban J connectivity index is 0. The lowest BCUT2D eigenvalue weighted by Crippen LogP contribution is -1.83. The Hall–Kier alpha value is -1.30. The van der Waals surface area contributed by atoms with Gasteiger partial charge in [-0.05, 0) is 23.6 Å². The Morgan fingerprint density at radius 1 is 1.06 bits per heavy atom. The first-order chi connectivity index (χ1) is 7.71.